The van der Waals surface area contributed by atoms with Crippen LogP contribution in [0.4, 0.5) is 5.69 Å². The second-order valence-electron chi connectivity index (χ2n) is 6.98. The van der Waals surface area contributed by atoms with Crippen molar-refractivity contribution in [2.45, 2.75) is 39.8 Å². The maximum absolute atomic E-state index is 5.41. The third-order valence-corrected chi connectivity index (χ3v) is 4.81. The SMILES string of the molecule is Cc1cc(C)cc(NC(=S)NCc2ccc(CN3CCCC3)cc2)c1. The second kappa shape index (κ2) is 8.45. The summed E-state index contributed by atoms with van der Waals surface area (Å²) >= 11 is 5.41. The molecule has 0 aromatic heterocycles. The van der Waals surface area contributed by atoms with Crippen molar-refractivity contribution in [1.82, 2.24) is 10.2 Å². The number of likely N-dealkylation sites (tertiary alicyclic amines) is 1. The molecule has 0 amide bonds. The number of hydrogen-bond acceptors (Lipinski definition) is 2. The Labute approximate surface area is 156 Å². The monoisotopic (exact) mass is 353 g/mol. The highest BCUT2D eigenvalue weighted by molar-refractivity contribution is 7.80. The maximum Gasteiger partial charge on any atom is 0.171 e. The van der Waals surface area contributed by atoms with Crippen LogP contribution < -0.4 is 10.6 Å². The molecule has 0 aliphatic carbocycles. The average Bonchev–Trinajstić information content (AvgIpc) is 3.06. The van der Waals surface area contributed by atoms with Crippen molar-refractivity contribution in [2.75, 3.05) is 18.4 Å². The second-order valence-corrected chi connectivity index (χ2v) is 7.39. The zero-order valence-corrected chi connectivity index (χ0v) is 16.0. The van der Waals surface area contributed by atoms with Gasteiger partial charge in [0.1, 0.15) is 0 Å². The molecule has 132 valence electrons. The Morgan fingerprint density at radius 1 is 0.960 bits per heavy atom. The van der Waals surface area contributed by atoms with E-state index in [9.17, 15) is 0 Å². The van der Waals surface area contributed by atoms with Gasteiger partial charge in [0.25, 0.3) is 0 Å². The van der Waals surface area contributed by atoms with Crippen molar-refractivity contribution < 1.29 is 0 Å². The molecule has 3 rings (SSSR count). The van der Waals surface area contributed by atoms with Crippen molar-refractivity contribution in [3.63, 3.8) is 0 Å². The zero-order valence-electron chi connectivity index (χ0n) is 15.1. The average molecular weight is 354 g/mol. The van der Waals surface area contributed by atoms with E-state index < -0.39 is 0 Å². The standard InChI is InChI=1S/C21H27N3S/c1-16-11-17(2)13-20(12-16)23-21(25)22-14-18-5-7-19(8-6-18)15-24-9-3-4-10-24/h5-8,11-13H,3-4,9-10,14-15H2,1-2H3,(H2,22,23,25). The Hall–Kier alpha value is -1.91. The van der Waals surface area contributed by atoms with E-state index in [0.29, 0.717) is 5.11 Å². The normalized spacial score (nSPS) is 14.5. The van der Waals surface area contributed by atoms with Gasteiger partial charge in [-0.15, -0.1) is 0 Å². The van der Waals surface area contributed by atoms with Crippen molar-refractivity contribution in [3.05, 3.63) is 64.7 Å². The highest BCUT2D eigenvalue weighted by Gasteiger charge is 2.11. The molecule has 0 radical (unpaired) electrons. The van der Waals surface area contributed by atoms with Crippen LogP contribution in [0.15, 0.2) is 42.5 Å². The summed E-state index contributed by atoms with van der Waals surface area (Å²) in [4.78, 5) is 2.52. The minimum atomic E-state index is 0.658. The highest BCUT2D eigenvalue weighted by atomic mass is 32.1. The summed E-state index contributed by atoms with van der Waals surface area (Å²) < 4.78 is 0. The van der Waals surface area contributed by atoms with Crippen molar-refractivity contribution in [1.29, 1.82) is 0 Å². The number of rotatable bonds is 5. The fourth-order valence-corrected chi connectivity index (χ4v) is 3.56. The van der Waals surface area contributed by atoms with Crippen LogP contribution in [0.3, 0.4) is 0 Å². The smallest absolute Gasteiger partial charge is 0.171 e. The zero-order chi connectivity index (χ0) is 17.6. The molecule has 2 aromatic rings. The van der Waals surface area contributed by atoms with Crippen LogP contribution in [-0.2, 0) is 13.1 Å². The number of thiocarbonyl (C=S) groups is 1. The van der Waals surface area contributed by atoms with Gasteiger partial charge in [-0.1, -0.05) is 30.3 Å². The Morgan fingerprint density at radius 3 is 2.20 bits per heavy atom. The van der Waals surface area contributed by atoms with Crippen LogP contribution >= 0.6 is 12.2 Å². The fourth-order valence-electron chi connectivity index (χ4n) is 3.37. The summed E-state index contributed by atoms with van der Waals surface area (Å²) in [6.07, 6.45) is 2.68. The van der Waals surface area contributed by atoms with E-state index in [0.717, 1.165) is 18.8 Å². The Morgan fingerprint density at radius 2 is 1.56 bits per heavy atom. The number of anilines is 1. The predicted octanol–water partition coefficient (Wildman–Crippen LogP) is 4.39. The Bertz CT molecular complexity index is 698. The first-order valence-corrected chi connectivity index (χ1v) is 9.43. The van der Waals surface area contributed by atoms with Crippen LogP contribution in [0, 0.1) is 13.8 Å². The first kappa shape index (κ1) is 17.9. The van der Waals surface area contributed by atoms with E-state index in [1.165, 1.54) is 48.2 Å². The van der Waals surface area contributed by atoms with Gasteiger partial charge in [0.05, 0.1) is 0 Å². The molecule has 0 unspecified atom stereocenters. The molecule has 1 saturated heterocycles. The third kappa shape index (κ3) is 5.55. The first-order chi connectivity index (χ1) is 12.1. The van der Waals surface area contributed by atoms with Crippen molar-refractivity contribution >= 4 is 23.0 Å². The molecule has 1 aliphatic heterocycles. The van der Waals surface area contributed by atoms with Crippen LogP contribution in [0.25, 0.3) is 0 Å². The molecule has 4 heteroatoms. The first-order valence-electron chi connectivity index (χ1n) is 9.02. The van der Waals surface area contributed by atoms with Crippen molar-refractivity contribution in [2.24, 2.45) is 0 Å². The number of hydrogen-bond donors (Lipinski definition) is 2. The van der Waals surface area contributed by atoms with Gasteiger partial charge >= 0.3 is 0 Å². The number of benzene rings is 2. The molecule has 1 heterocycles. The molecule has 1 aliphatic rings. The quantitative estimate of drug-likeness (QED) is 0.780. The van der Waals surface area contributed by atoms with Gasteiger partial charge in [-0.3, -0.25) is 4.90 Å². The molecule has 2 N–H and O–H groups in total. The van der Waals surface area contributed by atoms with E-state index in [2.05, 4.69) is 71.8 Å². The Kier molecular flexibility index (Phi) is 6.05. The van der Waals surface area contributed by atoms with E-state index in [1.54, 1.807) is 0 Å². The maximum atomic E-state index is 5.41. The summed E-state index contributed by atoms with van der Waals surface area (Å²) in [5.74, 6) is 0. The summed E-state index contributed by atoms with van der Waals surface area (Å²) in [5.41, 5.74) is 6.14. The lowest BCUT2D eigenvalue weighted by Crippen LogP contribution is -2.28. The number of nitrogens with one attached hydrogen (secondary N) is 2. The molecule has 0 spiro atoms. The van der Waals surface area contributed by atoms with E-state index in [-0.39, 0.29) is 0 Å². The fraction of sp³-hybridized carbons (Fsp3) is 0.381. The van der Waals surface area contributed by atoms with E-state index in [4.69, 9.17) is 12.2 Å². The lowest BCUT2D eigenvalue weighted by atomic mass is 10.1. The molecule has 0 saturated carbocycles. The van der Waals surface area contributed by atoms with Gasteiger partial charge in [-0.25, -0.2) is 0 Å². The minimum Gasteiger partial charge on any atom is -0.358 e. The van der Waals surface area contributed by atoms with Crippen LogP contribution in [0.1, 0.15) is 35.1 Å². The lowest BCUT2D eigenvalue weighted by Gasteiger charge is -2.15. The minimum absolute atomic E-state index is 0.658. The topological polar surface area (TPSA) is 27.3 Å². The summed E-state index contributed by atoms with van der Waals surface area (Å²) in [5, 5.41) is 7.21. The summed E-state index contributed by atoms with van der Waals surface area (Å²) in [6, 6.07) is 15.2. The summed E-state index contributed by atoms with van der Waals surface area (Å²) in [6.45, 7) is 8.47. The van der Waals surface area contributed by atoms with Gasteiger partial charge in [0.15, 0.2) is 5.11 Å². The number of nitrogens with zero attached hydrogens (tertiary/aromatic N) is 1. The predicted molar refractivity (Wildman–Crippen MR) is 110 cm³/mol. The Balaban J connectivity index is 1.48. The molecule has 2 aromatic carbocycles. The largest absolute Gasteiger partial charge is 0.358 e. The highest BCUT2D eigenvalue weighted by Crippen LogP contribution is 2.15. The van der Waals surface area contributed by atoms with E-state index in [1.807, 2.05) is 0 Å². The van der Waals surface area contributed by atoms with Gasteiger partial charge in [-0.05, 0) is 86.4 Å². The van der Waals surface area contributed by atoms with Gasteiger partial charge in [0, 0.05) is 18.8 Å². The van der Waals surface area contributed by atoms with Crippen LogP contribution in [0.5, 0.6) is 0 Å². The van der Waals surface area contributed by atoms with Crippen molar-refractivity contribution in [3.8, 4) is 0 Å². The van der Waals surface area contributed by atoms with Gasteiger partial charge in [0.2, 0.25) is 0 Å². The molecular formula is C21H27N3S. The lowest BCUT2D eigenvalue weighted by molar-refractivity contribution is 0.331. The molecule has 3 nitrogen and oxygen atoms in total. The van der Waals surface area contributed by atoms with Gasteiger partial charge < -0.3 is 10.6 Å². The molecule has 1 fully saturated rings. The third-order valence-electron chi connectivity index (χ3n) is 4.56. The van der Waals surface area contributed by atoms with E-state index >= 15 is 0 Å². The summed E-state index contributed by atoms with van der Waals surface area (Å²) in [7, 11) is 0. The van der Waals surface area contributed by atoms with Crippen LogP contribution in [0.2, 0.25) is 0 Å². The van der Waals surface area contributed by atoms with Gasteiger partial charge in [-0.2, -0.15) is 0 Å². The van der Waals surface area contributed by atoms with Crippen LogP contribution in [-0.4, -0.2) is 23.1 Å². The molecule has 0 atom stereocenters. The molecule has 0 bridgehead atoms. The number of aryl methyl sites for hydroxylation is 2. The molecular weight excluding hydrogens is 326 g/mol. The molecule has 25 heavy (non-hydrogen) atoms.